The maximum Gasteiger partial charge on any atom is 0.122 e. The predicted octanol–water partition coefficient (Wildman–Crippen LogP) is 4.34. The Bertz CT molecular complexity index is 358. The van der Waals surface area contributed by atoms with Gasteiger partial charge >= 0.3 is 0 Å². The molecule has 0 amide bonds. The van der Waals surface area contributed by atoms with Gasteiger partial charge in [0.2, 0.25) is 0 Å². The van der Waals surface area contributed by atoms with E-state index < -0.39 is 0 Å². The van der Waals surface area contributed by atoms with Crippen molar-refractivity contribution in [3.63, 3.8) is 0 Å². The summed E-state index contributed by atoms with van der Waals surface area (Å²) >= 11 is 0. The van der Waals surface area contributed by atoms with Gasteiger partial charge in [0, 0.05) is 5.56 Å². The number of rotatable bonds is 3. The van der Waals surface area contributed by atoms with Crippen LogP contribution in [0.4, 0.5) is 0 Å². The highest BCUT2D eigenvalue weighted by molar-refractivity contribution is 5.48. The summed E-state index contributed by atoms with van der Waals surface area (Å²) < 4.78 is 0. The largest absolute Gasteiger partial charge is 0.507 e. The zero-order chi connectivity index (χ0) is 12.3. The summed E-state index contributed by atoms with van der Waals surface area (Å²) in [6.45, 7) is 10.7. The predicted molar refractivity (Wildman–Crippen MR) is 70.2 cm³/mol. The molecule has 1 aromatic rings. The monoisotopic (exact) mass is 220 g/mol. The number of hydrogen-bond acceptors (Lipinski definition) is 1. The van der Waals surface area contributed by atoms with Gasteiger partial charge in [-0.3, -0.25) is 0 Å². The fraction of sp³-hybridized carbons (Fsp3) is 0.600. The number of aromatic hydroxyl groups is 1. The molecule has 1 aromatic carbocycles. The van der Waals surface area contributed by atoms with Crippen molar-refractivity contribution < 1.29 is 5.11 Å². The van der Waals surface area contributed by atoms with Crippen molar-refractivity contribution in [2.24, 2.45) is 0 Å². The van der Waals surface area contributed by atoms with E-state index in [1.165, 1.54) is 18.4 Å². The minimum Gasteiger partial charge on any atom is -0.507 e. The van der Waals surface area contributed by atoms with Crippen LogP contribution in [-0.4, -0.2) is 5.11 Å². The molecule has 0 saturated heterocycles. The van der Waals surface area contributed by atoms with E-state index in [1.807, 2.05) is 13.0 Å². The average Bonchev–Trinajstić information content (AvgIpc) is 2.17. The van der Waals surface area contributed by atoms with Gasteiger partial charge in [-0.05, 0) is 36.3 Å². The summed E-state index contributed by atoms with van der Waals surface area (Å²) in [7, 11) is 0. The van der Waals surface area contributed by atoms with Crippen LogP contribution < -0.4 is 0 Å². The first kappa shape index (κ1) is 13.1. The minimum atomic E-state index is 0.0131. The van der Waals surface area contributed by atoms with Crippen molar-refractivity contribution in [2.45, 2.75) is 59.3 Å². The molecule has 0 radical (unpaired) electrons. The summed E-state index contributed by atoms with van der Waals surface area (Å²) in [6, 6.07) is 4.20. The first-order valence-corrected chi connectivity index (χ1v) is 6.19. The molecule has 1 nitrogen and oxygen atoms in total. The van der Waals surface area contributed by atoms with Gasteiger partial charge in [0.15, 0.2) is 0 Å². The minimum absolute atomic E-state index is 0.0131. The van der Waals surface area contributed by atoms with E-state index in [0.717, 1.165) is 17.5 Å². The molecule has 1 heteroatoms. The molecule has 0 aliphatic carbocycles. The molecule has 1 N–H and O–H groups in total. The maximum atomic E-state index is 10.2. The summed E-state index contributed by atoms with van der Waals surface area (Å²) in [5.41, 5.74) is 3.42. The molecular weight excluding hydrogens is 196 g/mol. The van der Waals surface area contributed by atoms with Crippen LogP contribution in [0.15, 0.2) is 12.1 Å². The molecule has 1 rings (SSSR count). The van der Waals surface area contributed by atoms with Gasteiger partial charge in [-0.15, -0.1) is 0 Å². The van der Waals surface area contributed by atoms with Crippen molar-refractivity contribution in [1.29, 1.82) is 0 Å². The lowest BCUT2D eigenvalue weighted by Crippen LogP contribution is -2.15. The van der Waals surface area contributed by atoms with Gasteiger partial charge < -0.3 is 5.11 Å². The van der Waals surface area contributed by atoms with Gasteiger partial charge in [0.05, 0.1) is 0 Å². The molecule has 0 aliphatic heterocycles. The Morgan fingerprint density at radius 3 is 2.31 bits per heavy atom. The molecule has 0 saturated carbocycles. The van der Waals surface area contributed by atoms with E-state index in [2.05, 4.69) is 33.8 Å². The topological polar surface area (TPSA) is 20.2 Å². The first-order valence-electron chi connectivity index (χ1n) is 6.19. The molecule has 0 bridgehead atoms. The number of unbranched alkanes of at least 4 members (excludes halogenated alkanes) is 1. The van der Waals surface area contributed by atoms with Crippen LogP contribution in [0.3, 0.4) is 0 Å². The van der Waals surface area contributed by atoms with E-state index in [9.17, 15) is 5.11 Å². The van der Waals surface area contributed by atoms with E-state index in [4.69, 9.17) is 0 Å². The Morgan fingerprint density at radius 1 is 1.19 bits per heavy atom. The second-order valence-corrected chi connectivity index (χ2v) is 5.62. The molecule has 16 heavy (non-hydrogen) atoms. The Kier molecular flexibility index (Phi) is 4.01. The summed E-state index contributed by atoms with van der Waals surface area (Å²) in [6.07, 6.45) is 3.45. The van der Waals surface area contributed by atoms with Crippen molar-refractivity contribution in [1.82, 2.24) is 0 Å². The van der Waals surface area contributed by atoms with Crippen molar-refractivity contribution >= 4 is 0 Å². The van der Waals surface area contributed by atoms with E-state index >= 15 is 0 Å². The molecule has 0 fully saturated rings. The van der Waals surface area contributed by atoms with E-state index in [-0.39, 0.29) is 5.41 Å². The van der Waals surface area contributed by atoms with Crippen molar-refractivity contribution in [3.05, 3.63) is 28.8 Å². The average molecular weight is 220 g/mol. The SMILES string of the molecule is CCCCc1ccc(C)c(O)c1C(C)(C)C. The Hall–Kier alpha value is -0.980. The van der Waals surface area contributed by atoms with Crippen molar-refractivity contribution in [2.75, 3.05) is 0 Å². The first-order chi connectivity index (χ1) is 7.38. The molecule has 0 aliphatic rings. The van der Waals surface area contributed by atoms with Crippen LogP contribution in [0.1, 0.15) is 57.2 Å². The summed E-state index contributed by atoms with van der Waals surface area (Å²) in [5.74, 6) is 0.487. The second kappa shape index (κ2) is 4.90. The van der Waals surface area contributed by atoms with Crippen LogP contribution in [0.5, 0.6) is 5.75 Å². The van der Waals surface area contributed by atoms with Gasteiger partial charge in [-0.1, -0.05) is 46.2 Å². The Balaban J connectivity index is 3.22. The lowest BCUT2D eigenvalue weighted by molar-refractivity contribution is 0.440. The highest BCUT2D eigenvalue weighted by Gasteiger charge is 2.22. The van der Waals surface area contributed by atoms with Crippen molar-refractivity contribution in [3.8, 4) is 5.75 Å². The smallest absolute Gasteiger partial charge is 0.122 e. The quantitative estimate of drug-likeness (QED) is 0.803. The van der Waals surface area contributed by atoms with E-state index in [0.29, 0.717) is 5.75 Å². The van der Waals surface area contributed by atoms with Crippen LogP contribution in [0.25, 0.3) is 0 Å². The second-order valence-electron chi connectivity index (χ2n) is 5.62. The van der Waals surface area contributed by atoms with Gasteiger partial charge in [-0.25, -0.2) is 0 Å². The highest BCUT2D eigenvalue weighted by atomic mass is 16.3. The molecule has 0 heterocycles. The van der Waals surface area contributed by atoms with Crippen LogP contribution in [0.2, 0.25) is 0 Å². The van der Waals surface area contributed by atoms with E-state index in [1.54, 1.807) is 0 Å². The number of aryl methyl sites for hydroxylation is 2. The molecule has 0 unspecified atom stereocenters. The summed E-state index contributed by atoms with van der Waals surface area (Å²) in [4.78, 5) is 0. The third kappa shape index (κ3) is 2.78. The third-order valence-corrected chi connectivity index (χ3v) is 3.02. The molecular formula is C15H24O. The highest BCUT2D eigenvalue weighted by Crippen LogP contribution is 2.36. The lowest BCUT2D eigenvalue weighted by atomic mass is 9.81. The third-order valence-electron chi connectivity index (χ3n) is 3.02. The van der Waals surface area contributed by atoms with Gasteiger partial charge in [-0.2, -0.15) is 0 Å². The zero-order valence-electron chi connectivity index (χ0n) is 11.2. The zero-order valence-corrected chi connectivity index (χ0v) is 11.2. The normalized spacial score (nSPS) is 11.8. The fourth-order valence-corrected chi connectivity index (χ4v) is 2.15. The Labute approximate surface area is 99.5 Å². The standard InChI is InChI=1S/C15H24O/c1-6-7-8-12-10-9-11(2)14(16)13(12)15(3,4)5/h9-10,16H,6-8H2,1-5H3. The summed E-state index contributed by atoms with van der Waals surface area (Å²) in [5, 5.41) is 10.2. The molecule has 0 atom stereocenters. The number of phenolic OH excluding ortho intramolecular Hbond substituents is 1. The molecule has 0 spiro atoms. The lowest BCUT2D eigenvalue weighted by Gasteiger charge is -2.25. The van der Waals surface area contributed by atoms with Gasteiger partial charge in [0.1, 0.15) is 5.75 Å². The van der Waals surface area contributed by atoms with Crippen LogP contribution in [-0.2, 0) is 11.8 Å². The fourth-order valence-electron chi connectivity index (χ4n) is 2.15. The maximum absolute atomic E-state index is 10.2. The van der Waals surface area contributed by atoms with Gasteiger partial charge in [0.25, 0.3) is 0 Å². The number of benzene rings is 1. The molecule has 90 valence electrons. The van der Waals surface area contributed by atoms with Crippen LogP contribution >= 0.6 is 0 Å². The molecule has 0 aromatic heterocycles. The Morgan fingerprint density at radius 2 is 1.81 bits per heavy atom. The number of phenols is 1. The number of hydrogen-bond donors (Lipinski definition) is 1. The van der Waals surface area contributed by atoms with Crippen LogP contribution in [0, 0.1) is 6.92 Å².